The van der Waals surface area contributed by atoms with Crippen molar-refractivity contribution in [3.8, 4) is 0 Å². The molecule has 15 heavy (non-hydrogen) atoms. The largest absolute Gasteiger partial charge is 0.355 e. The molecule has 0 unspecified atom stereocenters. The summed E-state index contributed by atoms with van der Waals surface area (Å²) in [6, 6.07) is 4.39. The molecule has 1 aromatic heterocycles. The highest BCUT2D eigenvalue weighted by Crippen LogP contribution is 2.15. The number of anilines is 1. The number of piperidine rings is 1. The van der Waals surface area contributed by atoms with Crippen LogP contribution in [0.25, 0.3) is 0 Å². The van der Waals surface area contributed by atoms with Gasteiger partial charge in [-0.2, -0.15) is 5.10 Å². The maximum atomic E-state index is 5.84. The maximum Gasteiger partial charge on any atom is 0.151 e. The number of aromatic nitrogens is 2. The molecule has 84 valence electrons. The van der Waals surface area contributed by atoms with Crippen molar-refractivity contribution in [1.29, 1.82) is 0 Å². The summed E-state index contributed by atoms with van der Waals surface area (Å²) in [5.41, 5.74) is 6.80. The summed E-state index contributed by atoms with van der Waals surface area (Å²) in [6.07, 6.45) is 2.10. The lowest BCUT2D eigenvalue weighted by Gasteiger charge is -2.30. The van der Waals surface area contributed by atoms with E-state index in [4.69, 9.17) is 5.73 Å². The number of hydrogen-bond donors (Lipinski definition) is 1. The van der Waals surface area contributed by atoms with Crippen LogP contribution >= 0.6 is 12.4 Å². The lowest BCUT2D eigenvalue weighted by molar-refractivity contribution is 0.497. The van der Waals surface area contributed by atoms with Crippen molar-refractivity contribution in [2.45, 2.75) is 25.8 Å². The van der Waals surface area contributed by atoms with Crippen molar-refractivity contribution in [3.63, 3.8) is 0 Å². The van der Waals surface area contributed by atoms with Crippen molar-refractivity contribution in [2.75, 3.05) is 18.0 Å². The topological polar surface area (TPSA) is 55.0 Å². The minimum absolute atomic E-state index is 0. The fourth-order valence-corrected chi connectivity index (χ4v) is 1.69. The highest BCUT2D eigenvalue weighted by Gasteiger charge is 2.16. The van der Waals surface area contributed by atoms with Gasteiger partial charge >= 0.3 is 0 Å². The van der Waals surface area contributed by atoms with Crippen molar-refractivity contribution >= 4 is 18.2 Å². The number of rotatable bonds is 1. The van der Waals surface area contributed by atoms with E-state index in [9.17, 15) is 0 Å². The van der Waals surface area contributed by atoms with Crippen molar-refractivity contribution in [1.82, 2.24) is 10.2 Å². The van der Waals surface area contributed by atoms with Crippen LogP contribution in [0.1, 0.15) is 18.5 Å². The molecule has 4 nitrogen and oxygen atoms in total. The normalized spacial score (nSPS) is 17.3. The predicted octanol–water partition coefficient (Wildman–Crippen LogP) is 1.13. The van der Waals surface area contributed by atoms with Crippen LogP contribution in [-0.4, -0.2) is 29.3 Å². The molecule has 2 N–H and O–H groups in total. The lowest BCUT2D eigenvalue weighted by atomic mass is 10.1. The van der Waals surface area contributed by atoms with Gasteiger partial charge in [-0.15, -0.1) is 17.5 Å². The van der Waals surface area contributed by atoms with Crippen molar-refractivity contribution in [3.05, 3.63) is 17.8 Å². The smallest absolute Gasteiger partial charge is 0.151 e. The third-order valence-electron chi connectivity index (χ3n) is 2.65. The van der Waals surface area contributed by atoms with Gasteiger partial charge in [-0.1, -0.05) is 0 Å². The third kappa shape index (κ3) is 3.04. The van der Waals surface area contributed by atoms with Gasteiger partial charge in [0.15, 0.2) is 5.82 Å². The second kappa shape index (κ2) is 5.28. The van der Waals surface area contributed by atoms with Gasteiger partial charge in [0, 0.05) is 19.1 Å². The number of nitrogens with zero attached hydrogens (tertiary/aromatic N) is 3. The number of halogens is 1. The van der Waals surface area contributed by atoms with E-state index in [2.05, 4.69) is 15.1 Å². The molecule has 0 aliphatic carbocycles. The van der Waals surface area contributed by atoms with Crippen molar-refractivity contribution < 1.29 is 0 Å². The van der Waals surface area contributed by atoms with Gasteiger partial charge in [-0.05, 0) is 31.9 Å². The molecule has 2 rings (SSSR count). The second-order valence-electron chi connectivity index (χ2n) is 3.86. The molecule has 2 heterocycles. The Bertz CT molecular complexity index is 293. The van der Waals surface area contributed by atoms with Crippen LogP contribution < -0.4 is 10.6 Å². The van der Waals surface area contributed by atoms with E-state index in [1.807, 2.05) is 19.1 Å². The molecule has 1 saturated heterocycles. The number of aryl methyl sites for hydroxylation is 1. The van der Waals surface area contributed by atoms with E-state index >= 15 is 0 Å². The van der Waals surface area contributed by atoms with Crippen LogP contribution in [-0.2, 0) is 0 Å². The van der Waals surface area contributed by atoms with Gasteiger partial charge in [-0.3, -0.25) is 0 Å². The standard InChI is InChI=1S/C10H16N4.ClH/c1-8-2-3-10(13-12-8)14-6-4-9(11)5-7-14;/h2-3,9H,4-7,11H2,1H3;1H. The summed E-state index contributed by atoms with van der Waals surface area (Å²) in [4.78, 5) is 2.25. The third-order valence-corrected chi connectivity index (χ3v) is 2.65. The van der Waals surface area contributed by atoms with Gasteiger partial charge < -0.3 is 10.6 Å². The first-order valence-corrected chi connectivity index (χ1v) is 5.06. The Hall–Kier alpha value is -0.870. The Labute approximate surface area is 96.3 Å². The van der Waals surface area contributed by atoms with Crippen LogP contribution in [0.3, 0.4) is 0 Å². The van der Waals surface area contributed by atoms with E-state index < -0.39 is 0 Å². The van der Waals surface area contributed by atoms with E-state index in [1.54, 1.807) is 0 Å². The molecule has 1 aliphatic rings. The summed E-state index contributed by atoms with van der Waals surface area (Å²) < 4.78 is 0. The molecule has 0 atom stereocenters. The Balaban J connectivity index is 0.00000112. The molecule has 0 aromatic carbocycles. The summed E-state index contributed by atoms with van der Waals surface area (Å²) >= 11 is 0. The lowest BCUT2D eigenvalue weighted by Crippen LogP contribution is -2.40. The van der Waals surface area contributed by atoms with Gasteiger partial charge in [0.1, 0.15) is 0 Å². The van der Waals surface area contributed by atoms with E-state index in [1.165, 1.54) is 0 Å². The SMILES string of the molecule is Cc1ccc(N2CCC(N)CC2)nn1.Cl. The van der Waals surface area contributed by atoms with Gasteiger partial charge in [0.2, 0.25) is 0 Å². The first-order chi connectivity index (χ1) is 6.75. The molecule has 0 radical (unpaired) electrons. The molecule has 5 heteroatoms. The minimum Gasteiger partial charge on any atom is -0.355 e. The van der Waals surface area contributed by atoms with Crippen LogP contribution in [0.15, 0.2) is 12.1 Å². The Morgan fingerprint density at radius 3 is 2.47 bits per heavy atom. The zero-order chi connectivity index (χ0) is 9.97. The molecule has 0 bridgehead atoms. The Morgan fingerprint density at radius 1 is 1.27 bits per heavy atom. The molecular weight excluding hydrogens is 212 g/mol. The first kappa shape index (κ1) is 12.2. The monoisotopic (exact) mass is 228 g/mol. The molecule has 1 fully saturated rings. The number of nitrogens with two attached hydrogens (primary N) is 1. The van der Waals surface area contributed by atoms with Crippen molar-refractivity contribution in [2.24, 2.45) is 5.73 Å². The van der Waals surface area contributed by atoms with E-state index in [0.717, 1.165) is 37.4 Å². The summed E-state index contributed by atoms with van der Waals surface area (Å²) in [5, 5.41) is 8.21. The predicted molar refractivity (Wildman–Crippen MR) is 63.4 cm³/mol. The summed E-state index contributed by atoms with van der Waals surface area (Å²) in [5.74, 6) is 0.975. The second-order valence-corrected chi connectivity index (χ2v) is 3.86. The summed E-state index contributed by atoms with van der Waals surface area (Å²) in [7, 11) is 0. The molecule has 0 saturated carbocycles. The van der Waals surface area contributed by atoms with Crippen LogP contribution in [0.5, 0.6) is 0 Å². The molecule has 0 amide bonds. The van der Waals surface area contributed by atoms with Crippen LogP contribution in [0.2, 0.25) is 0 Å². The van der Waals surface area contributed by atoms with E-state index in [-0.39, 0.29) is 12.4 Å². The highest BCUT2D eigenvalue weighted by molar-refractivity contribution is 5.85. The maximum absolute atomic E-state index is 5.84. The molecule has 1 aromatic rings. The van der Waals surface area contributed by atoms with Crippen LogP contribution in [0.4, 0.5) is 5.82 Å². The van der Waals surface area contributed by atoms with Gasteiger partial charge in [0.05, 0.1) is 5.69 Å². The highest BCUT2D eigenvalue weighted by atomic mass is 35.5. The molecule has 1 aliphatic heterocycles. The van der Waals surface area contributed by atoms with Gasteiger partial charge in [0.25, 0.3) is 0 Å². The quantitative estimate of drug-likeness (QED) is 0.783. The Kier molecular flexibility index (Phi) is 4.29. The first-order valence-electron chi connectivity index (χ1n) is 5.06. The molecule has 0 spiro atoms. The average Bonchev–Trinajstić information content (AvgIpc) is 2.21. The average molecular weight is 229 g/mol. The van der Waals surface area contributed by atoms with E-state index in [0.29, 0.717) is 6.04 Å². The zero-order valence-corrected chi connectivity index (χ0v) is 9.70. The van der Waals surface area contributed by atoms with Crippen LogP contribution in [0, 0.1) is 6.92 Å². The fourth-order valence-electron chi connectivity index (χ4n) is 1.69. The summed E-state index contributed by atoms with van der Waals surface area (Å²) in [6.45, 7) is 3.95. The number of hydrogen-bond acceptors (Lipinski definition) is 4. The zero-order valence-electron chi connectivity index (χ0n) is 8.89. The molecular formula is C10H17ClN4. The minimum atomic E-state index is 0. The fraction of sp³-hybridized carbons (Fsp3) is 0.600. The Morgan fingerprint density at radius 2 is 1.93 bits per heavy atom. The van der Waals surface area contributed by atoms with Gasteiger partial charge in [-0.25, -0.2) is 0 Å².